The molecule has 1 aliphatic heterocycles. The molecule has 2 aromatic carbocycles. The van der Waals surface area contributed by atoms with Crippen molar-refractivity contribution in [1.82, 2.24) is 4.90 Å². The molecule has 1 aliphatic rings. The maximum Gasteiger partial charge on any atom is 0.238 e. The van der Waals surface area contributed by atoms with Crippen LogP contribution in [0.1, 0.15) is 50.8 Å². The molecule has 1 N–H and O–H groups in total. The first kappa shape index (κ1) is 22.8. The summed E-state index contributed by atoms with van der Waals surface area (Å²) in [5.74, 6) is -0.208. The van der Waals surface area contributed by atoms with Crippen LogP contribution in [0, 0.1) is 0 Å². The van der Waals surface area contributed by atoms with Crippen LogP contribution in [0.5, 0.6) is 0 Å². The summed E-state index contributed by atoms with van der Waals surface area (Å²) in [4.78, 5) is 15.0. The number of nitrogens with zero attached hydrogens (tertiary/aromatic N) is 1. The second kappa shape index (κ2) is 8.69. The molecule has 162 valence electrons. The monoisotopic (exact) mass is 448 g/mol. The molecule has 0 saturated carbocycles. The van der Waals surface area contributed by atoms with Crippen molar-refractivity contribution in [1.29, 1.82) is 0 Å². The lowest BCUT2D eigenvalue weighted by Gasteiger charge is -2.25. The van der Waals surface area contributed by atoms with Crippen molar-refractivity contribution in [2.45, 2.75) is 50.0 Å². The molecule has 1 amide bonds. The summed E-state index contributed by atoms with van der Waals surface area (Å²) in [5, 5.41) is 3.09. The molecule has 7 heteroatoms. The highest BCUT2D eigenvalue weighted by molar-refractivity contribution is 7.90. The summed E-state index contributed by atoms with van der Waals surface area (Å²) in [7, 11) is -3.38. The van der Waals surface area contributed by atoms with Crippen molar-refractivity contribution in [2.75, 3.05) is 24.7 Å². The zero-order valence-corrected chi connectivity index (χ0v) is 19.5. The Morgan fingerprint density at radius 1 is 1.17 bits per heavy atom. The average molecular weight is 449 g/mol. The molecule has 2 aromatic rings. The molecule has 0 radical (unpaired) electrons. The highest BCUT2D eigenvalue weighted by atomic mass is 35.5. The van der Waals surface area contributed by atoms with Crippen molar-refractivity contribution < 1.29 is 13.2 Å². The Morgan fingerprint density at radius 3 is 2.43 bits per heavy atom. The van der Waals surface area contributed by atoms with E-state index in [2.05, 4.69) is 55.3 Å². The quantitative estimate of drug-likeness (QED) is 0.712. The van der Waals surface area contributed by atoms with Gasteiger partial charge in [-0.05, 0) is 54.1 Å². The number of hydrogen-bond donors (Lipinski definition) is 1. The summed E-state index contributed by atoms with van der Waals surface area (Å²) >= 11 is 6.16. The number of anilines is 1. The maximum absolute atomic E-state index is 12.7. The van der Waals surface area contributed by atoms with Crippen LogP contribution in [-0.2, 0) is 20.0 Å². The van der Waals surface area contributed by atoms with Crippen molar-refractivity contribution in [3.8, 4) is 0 Å². The van der Waals surface area contributed by atoms with Gasteiger partial charge in [-0.2, -0.15) is 0 Å². The van der Waals surface area contributed by atoms with Gasteiger partial charge in [0.25, 0.3) is 0 Å². The van der Waals surface area contributed by atoms with Crippen LogP contribution in [-0.4, -0.2) is 38.6 Å². The Bertz CT molecular complexity index is 1030. The number of benzene rings is 2. The van der Waals surface area contributed by atoms with Gasteiger partial charge in [0.2, 0.25) is 5.91 Å². The summed E-state index contributed by atoms with van der Waals surface area (Å²) in [6.45, 7) is 7.65. The van der Waals surface area contributed by atoms with Crippen LogP contribution in [0.15, 0.2) is 47.4 Å². The minimum atomic E-state index is -3.38. The number of rotatable bonds is 5. The molecule has 30 heavy (non-hydrogen) atoms. The lowest BCUT2D eigenvalue weighted by Crippen LogP contribution is -2.33. The van der Waals surface area contributed by atoms with Crippen molar-refractivity contribution in [3.63, 3.8) is 0 Å². The molecule has 3 rings (SSSR count). The fourth-order valence-electron chi connectivity index (χ4n) is 3.80. The number of likely N-dealkylation sites (tertiary alicyclic amines) is 1. The van der Waals surface area contributed by atoms with Crippen LogP contribution < -0.4 is 5.32 Å². The van der Waals surface area contributed by atoms with E-state index in [1.54, 1.807) is 0 Å². The second-order valence-electron chi connectivity index (χ2n) is 8.96. The second-order valence-corrected chi connectivity index (χ2v) is 11.4. The van der Waals surface area contributed by atoms with Gasteiger partial charge in [-0.1, -0.05) is 56.6 Å². The van der Waals surface area contributed by atoms with Crippen LogP contribution >= 0.6 is 11.6 Å². The normalized spacial score (nSPS) is 17.8. The molecule has 0 aromatic heterocycles. The SMILES string of the molecule is CC(C)(C)c1ccc([C@@H]2CCCN2CC(=O)Nc2cc(S(C)(=O)=O)ccc2Cl)cc1. The molecule has 1 saturated heterocycles. The van der Waals surface area contributed by atoms with E-state index >= 15 is 0 Å². The Kier molecular flexibility index (Phi) is 6.60. The number of carbonyl (C=O) groups is 1. The van der Waals surface area contributed by atoms with Gasteiger partial charge in [0.15, 0.2) is 9.84 Å². The van der Waals surface area contributed by atoms with E-state index < -0.39 is 9.84 Å². The van der Waals surface area contributed by atoms with Crippen LogP contribution in [0.3, 0.4) is 0 Å². The molecule has 5 nitrogen and oxygen atoms in total. The predicted molar refractivity (Wildman–Crippen MR) is 122 cm³/mol. The van der Waals surface area contributed by atoms with Gasteiger partial charge in [0.1, 0.15) is 0 Å². The average Bonchev–Trinajstić information content (AvgIpc) is 3.10. The number of amides is 1. The molecular weight excluding hydrogens is 420 g/mol. The third-order valence-electron chi connectivity index (χ3n) is 5.51. The number of nitrogens with one attached hydrogen (secondary N) is 1. The third-order valence-corrected chi connectivity index (χ3v) is 6.95. The van der Waals surface area contributed by atoms with E-state index in [1.165, 1.54) is 29.3 Å². The first-order valence-corrected chi connectivity index (χ1v) is 12.4. The fourth-order valence-corrected chi connectivity index (χ4v) is 4.62. The molecule has 0 spiro atoms. The third kappa shape index (κ3) is 5.42. The van der Waals surface area contributed by atoms with Crippen LogP contribution in [0.4, 0.5) is 5.69 Å². The highest BCUT2D eigenvalue weighted by Gasteiger charge is 2.28. The first-order chi connectivity index (χ1) is 13.9. The van der Waals surface area contributed by atoms with Crippen LogP contribution in [0.2, 0.25) is 5.02 Å². The molecule has 1 heterocycles. The van der Waals surface area contributed by atoms with E-state index in [-0.39, 0.29) is 28.8 Å². The predicted octanol–water partition coefficient (Wildman–Crippen LogP) is 4.82. The van der Waals surface area contributed by atoms with Gasteiger partial charge in [-0.25, -0.2) is 8.42 Å². The van der Waals surface area contributed by atoms with E-state index in [4.69, 9.17) is 11.6 Å². The van der Waals surface area contributed by atoms with E-state index in [0.717, 1.165) is 25.6 Å². The maximum atomic E-state index is 12.7. The molecule has 0 unspecified atom stereocenters. The molecule has 1 fully saturated rings. The number of carbonyl (C=O) groups excluding carboxylic acids is 1. The van der Waals surface area contributed by atoms with Crippen LogP contribution in [0.25, 0.3) is 0 Å². The molecular formula is C23H29ClN2O3S. The van der Waals surface area contributed by atoms with Crippen molar-refractivity contribution >= 4 is 33.0 Å². The van der Waals surface area contributed by atoms with Crippen molar-refractivity contribution in [2.24, 2.45) is 0 Å². The topological polar surface area (TPSA) is 66.5 Å². The summed E-state index contributed by atoms with van der Waals surface area (Å²) in [5.41, 5.74) is 2.92. The first-order valence-electron chi connectivity index (χ1n) is 10.1. The Labute approximate surface area is 184 Å². The molecule has 0 aliphatic carbocycles. The Balaban J connectivity index is 1.71. The minimum absolute atomic E-state index is 0.105. The molecule has 0 bridgehead atoms. The zero-order valence-electron chi connectivity index (χ0n) is 17.9. The van der Waals surface area contributed by atoms with E-state index in [9.17, 15) is 13.2 Å². The lowest BCUT2D eigenvalue weighted by molar-refractivity contribution is -0.117. The van der Waals surface area contributed by atoms with Crippen molar-refractivity contribution in [3.05, 3.63) is 58.6 Å². The van der Waals surface area contributed by atoms with Gasteiger partial charge in [0.05, 0.1) is 22.2 Å². The minimum Gasteiger partial charge on any atom is -0.324 e. The Morgan fingerprint density at radius 2 is 1.83 bits per heavy atom. The van der Waals surface area contributed by atoms with Gasteiger partial charge in [-0.15, -0.1) is 0 Å². The summed E-state index contributed by atoms with van der Waals surface area (Å²) in [6.07, 6.45) is 3.16. The number of sulfone groups is 1. The lowest BCUT2D eigenvalue weighted by atomic mass is 9.86. The fraction of sp³-hybridized carbons (Fsp3) is 0.435. The smallest absolute Gasteiger partial charge is 0.238 e. The Hall–Kier alpha value is -1.89. The summed E-state index contributed by atoms with van der Waals surface area (Å²) in [6, 6.07) is 13.2. The van der Waals surface area contributed by atoms with E-state index in [0.29, 0.717) is 10.7 Å². The van der Waals surface area contributed by atoms with E-state index in [1.807, 2.05) is 0 Å². The van der Waals surface area contributed by atoms with Gasteiger partial charge in [-0.3, -0.25) is 9.69 Å². The standard InChI is InChI=1S/C23H29ClN2O3S/c1-23(2,3)17-9-7-16(8-10-17)21-6-5-13-26(21)15-22(27)25-20-14-18(30(4,28)29)11-12-19(20)24/h7-12,14,21H,5-6,13,15H2,1-4H3,(H,25,27)/t21-/m0/s1. The number of hydrogen-bond acceptors (Lipinski definition) is 4. The molecule has 1 atom stereocenters. The zero-order chi connectivity index (χ0) is 22.1. The largest absolute Gasteiger partial charge is 0.324 e. The van der Waals surface area contributed by atoms with Gasteiger partial charge < -0.3 is 5.32 Å². The highest BCUT2D eigenvalue weighted by Crippen LogP contribution is 2.33. The number of halogens is 1. The van der Waals surface area contributed by atoms with Gasteiger partial charge in [0, 0.05) is 12.3 Å². The summed E-state index contributed by atoms with van der Waals surface area (Å²) < 4.78 is 23.6. The van der Waals surface area contributed by atoms with Gasteiger partial charge >= 0.3 is 0 Å².